The number of amides is 1. The van der Waals surface area contributed by atoms with Crippen molar-refractivity contribution in [1.82, 2.24) is 9.99 Å². The Bertz CT molecular complexity index is 1150. The van der Waals surface area contributed by atoms with Crippen molar-refractivity contribution in [2.75, 3.05) is 7.11 Å². The molecule has 9 nitrogen and oxygen atoms in total. The molecule has 0 aliphatic heterocycles. The zero-order valence-corrected chi connectivity index (χ0v) is 16.0. The molecule has 0 radical (unpaired) electrons. The highest BCUT2D eigenvalue weighted by Gasteiger charge is 2.13. The molecule has 152 valence electrons. The predicted molar refractivity (Wildman–Crippen MR) is 111 cm³/mol. The van der Waals surface area contributed by atoms with Crippen LogP contribution < -0.4 is 15.7 Å². The van der Waals surface area contributed by atoms with E-state index in [-0.39, 0.29) is 23.4 Å². The smallest absolute Gasteiger partial charge is 0.278 e. The molecule has 3 aromatic rings. The van der Waals surface area contributed by atoms with E-state index >= 15 is 0 Å². The number of rotatable bonds is 7. The Labute approximate surface area is 171 Å². The van der Waals surface area contributed by atoms with Gasteiger partial charge in [0.25, 0.3) is 17.2 Å². The molecular formula is C21H18N4O5. The Balaban J connectivity index is 1.74. The molecule has 1 aromatic heterocycles. The van der Waals surface area contributed by atoms with Gasteiger partial charge in [0.1, 0.15) is 11.3 Å². The van der Waals surface area contributed by atoms with E-state index in [0.29, 0.717) is 5.75 Å². The summed E-state index contributed by atoms with van der Waals surface area (Å²) in [7, 11) is 1.57. The first-order valence-electron chi connectivity index (χ1n) is 8.89. The number of nitrogens with zero attached hydrogens (tertiary/aromatic N) is 3. The number of hydrogen-bond donors (Lipinski definition) is 1. The predicted octanol–water partition coefficient (Wildman–Crippen LogP) is 2.58. The molecule has 0 saturated heterocycles. The Kier molecular flexibility index (Phi) is 6.33. The van der Waals surface area contributed by atoms with Crippen molar-refractivity contribution in [2.45, 2.75) is 6.54 Å². The largest absolute Gasteiger partial charge is 0.497 e. The Morgan fingerprint density at radius 1 is 1.17 bits per heavy atom. The van der Waals surface area contributed by atoms with Gasteiger partial charge in [0.2, 0.25) is 0 Å². The highest BCUT2D eigenvalue weighted by Crippen LogP contribution is 2.15. The number of carbonyl (C=O) groups excluding carboxylic acids is 1. The van der Waals surface area contributed by atoms with Crippen LogP contribution in [0, 0.1) is 10.1 Å². The number of aromatic nitrogens is 1. The summed E-state index contributed by atoms with van der Waals surface area (Å²) in [5, 5.41) is 14.8. The minimum absolute atomic E-state index is 0.0919. The van der Waals surface area contributed by atoms with Crippen molar-refractivity contribution in [1.29, 1.82) is 0 Å². The van der Waals surface area contributed by atoms with Crippen molar-refractivity contribution >= 4 is 17.8 Å². The molecule has 0 unspecified atom stereocenters. The standard InChI is InChI=1S/C21H18N4O5/c1-30-17-10-8-15(9-11-17)14-24-12-4-6-18(21(24)27)20(26)23-22-13-16-5-2-3-7-19(16)25(28)29/h2-13H,14H2,1H3,(H,23,26)/b22-13-. The lowest BCUT2D eigenvalue weighted by Gasteiger charge is -2.08. The molecule has 9 heteroatoms. The topological polar surface area (TPSA) is 116 Å². The fraction of sp³-hybridized carbons (Fsp3) is 0.0952. The SMILES string of the molecule is COc1ccc(Cn2cccc(C(=O)N/N=C\c3ccccc3[N+](=O)[O-])c2=O)cc1. The average molecular weight is 406 g/mol. The molecule has 30 heavy (non-hydrogen) atoms. The van der Waals surface area contributed by atoms with Crippen molar-refractivity contribution in [2.24, 2.45) is 5.10 Å². The number of nitro groups is 1. The first-order chi connectivity index (χ1) is 14.5. The van der Waals surface area contributed by atoms with Crippen LogP contribution in [-0.2, 0) is 6.54 Å². The number of hydrazone groups is 1. The van der Waals surface area contributed by atoms with Crippen LogP contribution in [0.25, 0.3) is 0 Å². The van der Waals surface area contributed by atoms with Gasteiger partial charge in [0, 0.05) is 12.3 Å². The molecule has 0 aliphatic rings. The molecular weight excluding hydrogens is 388 g/mol. The summed E-state index contributed by atoms with van der Waals surface area (Å²) in [6.45, 7) is 0.281. The first kappa shape index (κ1) is 20.5. The third kappa shape index (κ3) is 4.76. The van der Waals surface area contributed by atoms with E-state index in [1.54, 1.807) is 37.6 Å². The maximum Gasteiger partial charge on any atom is 0.278 e. The third-order valence-electron chi connectivity index (χ3n) is 4.28. The number of nitro benzene ring substituents is 1. The fourth-order valence-corrected chi connectivity index (χ4v) is 2.75. The molecule has 0 atom stereocenters. The van der Waals surface area contributed by atoms with Gasteiger partial charge in [0.15, 0.2) is 0 Å². The summed E-state index contributed by atoms with van der Waals surface area (Å²) in [5.74, 6) is -0.00495. The van der Waals surface area contributed by atoms with E-state index < -0.39 is 16.4 Å². The zero-order valence-electron chi connectivity index (χ0n) is 16.0. The lowest BCUT2D eigenvalue weighted by molar-refractivity contribution is -0.385. The van der Waals surface area contributed by atoms with E-state index in [1.807, 2.05) is 12.1 Å². The van der Waals surface area contributed by atoms with Crippen LogP contribution in [0.3, 0.4) is 0 Å². The summed E-state index contributed by atoms with van der Waals surface area (Å²) in [6.07, 6.45) is 2.74. The van der Waals surface area contributed by atoms with E-state index in [2.05, 4.69) is 10.5 Å². The Hall–Kier alpha value is -4.27. The van der Waals surface area contributed by atoms with Gasteiger partial charge in [-0.2, -0.15) is 5.10 Å². The van der Waals surface area contributed by atoms with E-state index in [1.165, 1.54) is 28.8 Å². The molecule has 3 rings (SSSR count). The Morgan fingerprint density at radius 2 is 1.90 bits per heavy atom. The lowest BCUT2D eigenvalue weighted by atomic mass is 10.2. The number of hydrogen-bond acceptors (Lipinski definition) is 6. The molecule has 1 amide bonds. The quantitative estimate of drug-likeness (QED) is 0.368. The minimum Gasteiger partial charge on any atom is -0.497 e. The number of methoxy groups -OCH3 is 1. The number of carbonyl (C=O) groups is 1. The first-order valence-corrected chi connectivity index (χ1v) is 8.89. The summed E-state index contributed by atoms with van der Waals surface area (Å²) >= 11 is 0. The van der Waals surface area contributed by atoms with E-state index in [4.69, 9.17) is 4.74 Å². The monoisotopic (exact) mass is 406 g/mol. The number of pyridine rings is 1. The number of nitrogens with one attached hydrogen (secondary N) is 1. The van der Waals surface area contributed by atoms with Crippen molar-refractivity contribution in [3.63, 3.8) is 0 Å². The van der Waals surface area contributed by atoms with Gasteiger partial charge < -0.3 is 9.30 Å². The highest BCUT2D eigenvalue weighted by atomic mass is 16.6. The molecule has 0 bridgehead atoms. The number of para-hydroxylation sites is 1. The van der Waals surface area contributed by atoms with Crippen molar-refractivity contribution < 1.29 is 14.5 Å². The van der Waals surface area contributed by atoms with Gasteiger partial charge >= 0.3 is 0 Å². The van der Waals surface area contributed by atoms with Gasteiger partial charge in [-0.1, -0.05) is 24.3 Å². The van der Waals surface area contributed by atoms with Crippen LogP contribution in [0.15, 0.2) is 76.8 Å². The van der Waals surface area contributed by atoms with Crippen LogP contribution in [-0.4, -0.2) is 28.7 Å². The van der Waals surface area contributed by atoms with Crippen molar-refractivity contribution in [3.8, 4) is 5.75 Å². The van der Waals surface area contributed by atoms with Gasteiger partial charge in [-0.15, -0.1) is 0 Å². The second-order valence-corrected chi connectivity index (χ2v) is 6.22. The molecule has 0 fully saturated rings. The fourth-order valence-electron chi connectivity index (χ4n) is 2.75. The zero-order chi connectivity index (χ0) is 21.5. The molecule has 0 spiro atoms. The second-order valence-electron chi connectivity index (χ2n) is 6.22. The van der Waals surface area contributed by atoms with Gasteiger partial charge in [0.05, 0.1) is 30.4 Å². The van der Waals surface area contributed by atoms with Crippen LogP contribution in [0.5, 0.6) is 5.75 Å². The maximum absolute atomic E-state index is 12.7. The highest BCUT2D eigenvalue weighted by molar-refractivity contribution is 5.94. The van der Waals surface area contributed by atoms with Crippen LogP contribution in [0.2, 0.25) is 0 Å². The minimum atomic E-state index is -0.709. The molecule has 1 N–H and O–H groups in total. The van der Waals surface area contributed by atoms with Gasteiger partial charge in [-0.3, -0.25) is 19.7 Å². The molecule has 0 saturated carbocycles. The molecule has 1 heterocycles. The summed E-state index contributed by atoms with van der Waals surface area (Å²) in [4.78, 5) is 35.5. The van der Waals surface area contributed by atoms with E-state index in [9.17, 15) is 19.7 Å². The number of ether oxygens (including phenoxy) is 1. The summed E-state index contributed by atoms with van der Waals surface area (Å²) < 4.78 is 6.52. The normalized spacial score (nSPS) is 10.7. The van der Waals surface area contributed by atoms with Crippen LogP contribution in [0.4, 0.5) is 5.69 Å². The summed E-state index contributed by atoms with van der Waals surface area (Å²) in [6, 6.07) is 16.2. The lowest BCUT2D eigenvalue weighted by Crippen LogP contribution is -2.30. The maximum atomic E-state index is 12.7. The Morgan fingerprint density at radius 3 is 2.60 bits per heavy atom. The molecule has 2 aromatic carbocycles. The van der Waals surface area contributed by atoms with Gasteiger partial charge in [-0.25, -0.2) is 5.43 Å². The van der Waals surface area contributed by atoms with Crippen LogP contribution >= 0.6 is 0 Å². The average Bonchev–Trinajstić information content (AvgIpc) is 2.76. The number of benzene rings is 2. The van der Waals surface area contributed by atoms with Crippen molar-refractivity contribution in [3.05, 3.63) is 104 Å². The van der Waals surface area contributed by atoms with Gasteiger partial charge in [-0.05, 0) is 35.9 Å². The second kappa shape index (κ2) is 9.28. The third-order valence-corrected chi connectivity index (χ3v) is 4.28. The van der Waals surface area contributed by atoms with Crippen LogP contribution in [0.1, 0.15) is 21.5 Å². The van der Waals surface area contributed by atoms with E-state index in [0.717, 1.165) is 11.8 Å². The summed E-state index contributed by atoms with van der Waals surface area (Å²) in [5.41, 5.74) is 2.62. The molecule has 0 aliphatic carbocycles.